The lowest BCUT2D eigenvalue weighted by Crippen LogP contribution is -2.51. The first-order chi connectivity index (χ1) is 6.40. The summed E-state index contributed by atoms with van der Waals surface area (Å²) in [5.74, 6) is 0.951. The first-order valence-electron chi connectivity index (χ1n) is 5.42. The van der Waals surface area contributed by atoms with Gasteiger partial charge in [-0.3, -0.25) is 4.90 Å². The second-order valence-electron chi connectivity index (χ2n) is 4.26. The van der Waals surface area contributed by atoms with E-state index in [4.69, 9.17) is 10.5 Å². The van der Waals surface area contributed by atoms with Crippen molar-refractivity contribution >= 4 is 0 Å². The summed E-state index contributed by atoms with van der Waals surface area (Å²) in [7, 11) is 0. The van der Waals surface area contributed by atoms with Gasteiger partial charge in [-0.1, -0.05) is 6.42 Å². The molecule has 1 atom stereocenters. The Kier molecular flexibility index (Phi) is 3.19. The van der Waals surface area contributed by atoms with Crippen molar-refractivity contribution in [2.75, 3.05) is 32.8 Å². The summed E-state index contributed by atoms with van der Waals surface area (Å²) in [4.78, 5) is 2.52. The van der Waals surface area contributed by atoms with Crippen LogP contribution in [0.25, 0.3) is 0 Å². The number of nitrogens with zero attached hydrogens (tertiary/aromatic N) is 1. The van der Waals surface area contributed by atoms with Crippen LogP contribution in [0, 0.1) is 5.92 Å². The van der Waals surface area contributed by atoms with Gasteiger partial charge in [0.05, 0.1) is 13.2 Å². The van der Waals surface area contributed by atoms with Crippen molar-refractivity contribution in [3.63, 3.8) is 0 Å². The van der Waals surface area contributed by atoms with Crippen LogP contribution in [0.1, 0.15) is 19.3 Å². The van der Waals surface area contributed by atoms with Gasteiger partial charge in [0.2, 0.25) is 0 Å². The van der Waals surface area contributed by atoms with Gasteiger partial charge < -0.3 is 10.5 Å². The average Bonchev–Trinajstić information content (AvgIpc) is 2.12. The zero-order valence-corrected chi connectivity index (χ0v) is 8.24. The lowest BCUT2D eigenvalue weighted by Gasteiger charge is -2.39. The third-order valence-electron chi connectivity index (χ3n) is 3.34. The van der Waals surface area contributed by atoms with Gasteiger partial charge in [0.1, 0.15) is 0 Å². The van der Waals surface area contributed by atoms with Crippen LogP contribution >= 0.6 is 0 Å². The first-order valence-corrected chi connectivity index (χ1v) is 5.42. The highest BCUT2D eigenvalue weighted by Crippen LogP contribution is 2.27. The minimum atomic E-state index is 0.481. The van der Waals surface area contributed by atoms with Crippen LogP contribution < -0.4 is 5.73 Å². The van der Waals surface area contributed by atoms with Crippen molar-refractivity contribution in [3.05, 3.63) is 0 Å². The SMILES string of the molecule is NCC1COCCN1CC1CCC1. The molecule has 0 amide bonds. The second kappa shape index (κ2) is 4.40. The molecule has 1 aliphatic heterocycles. The van der Waals surface area contributed by atoms with Crippen molar-refractivity contribution in [2.45, 2.75) is 25.3 Å². The molecule has 3 heteroatoms. The lowest BCUT2D eigenvalue weighted by atomic mass is 9.85. The fraction of sp³-hybridized carbons (Fsp3) is 1.00. The standard InChI is InChI=1S/C10H20N2O/c11-6-10-8-13-5-4-12(10)7-9-2-1-3-9/h9-10H,1-8,11H2. The summed E-state index contributed by atoms with van der Waals surface area (Å²) in [6.07, 6.45) is 4.28. The van der Waals surface area contributed by atoms with E-state index in [1.807, 2.05) is 0 Å². The van der Waals surface area contributed by atoms with Crippen molar-refractivity contribution < 1.29 is 4.74 Å². The van der Waals surface area contributed by atoms with E-state index < -0.39 is 0 Å². The van der Waals surface area contributed by atoms with Gasteiger partial charge in [-0.25, -0.2) is 0 Å². The first kappa shape index (κ1) is 9.44. The minimum Gasteiger partial charge on any atom is -0.378 e. The Morgan fingerprint density at radius 3 is 2.85 bits per heavy atom. The van der Waals surface area contributed by atoms with E-state index in [-0.39, 0.29) is 0 Å². The number of morpholine rings is 1. The number of rotatable bonds is 3. The Morgan fingerprint density at radius 1 is 1.38 bits per heavy atom. The van der Waals surface area contributed by atoms with Gasteiger partial charge >= 0.3 is 0 Å². The summed E-state index contributed by atoms with van der Waals surface area (Å²) in [6, 6.07) is 0.481. The second-order valence-corrected chi connectivity index (χ2v) is 4.26. The van der Waals surface area contributed by atoms with E-state index >= 15 is 0 Å². The predicted octanol–water partition coefficient (Wildman–Crippen LogP) is 0.446. The highest BCUT2D eigenvalue weighted by atomic mass is 16.5. The third kappa shape index (κ3) is 2.22. The number of ether oxygens (including phenoxy) is 1. The van der Waals surface area contributed by atoms with E-state index in [1.54, 1.807) is 0 Å². The monoisotopic (exact) mass is 184 g/mol. The number of nitrogens with two attached hydrogens (primary N) is 1. The molecule has 0 aromatic carbocycles. The molecular formula is C10H20N2O. The number of hydrogen-bond acceptors (Lipinski definition) is 3. The van der Waals surface area contributed by atoms with Crippen LogP contribution in [0.4, 0.5) is 0 Å². The summed E-state index contributed by atoms with van der Waals surface area (Å²) < 4.78 is 5.41. The van der Waals surface area contributed by atoms with Crippen LogP contribution in [0.5, 0.6) is 0 Å². The van der Waals surface area contributed by atoms with Crippen LogP contribution in [-0.2, 0) is 4.74 Å². The molecule has 0 spiro atoms. The van der Waals surface area contributed by atoms with Gasteiger partial charge in [-0.05, 0) is 18.8 Å². The predicted molar refractivity (Wildman–Crippen MR) is 52.6 cm³/mol. The van der Waals surface area contributed by atoms with Gasteiger partial charge in [0.15, 0.2) is 0 Å². The maximum absolute atomic E-state index is 5.71. The number of hydrogen-bond donors (Lipinski definition) is 1. The largest absolute Gasteiger partial charge is 0.378 e. The molecule has 1 aliphatic carbocycles. The zero-order valence-electron chi connectivity index (χ0n) is 8.24. The van der Waals surface area contributed by atoms with Crippen molar-refractivity contribution in [2.24, 2.45) is 11.7 Å². The zero-order chi connectivity index (χ0) is 9.10. The maximum Gasteiger partial charge on any atom is 0.0634 e. The fourth-order valence-electron chi connectivity index (χ4n) is 2.15. The summed E-state index contributed by atoms with van der Waals surface area (Å²) in [5, 5.41) is 0. The smallest absolute Gasteiger partial charge is 0.0634 e. The summed E-state index contributed by atoms with van der Waals surface area (Å²) in [6.45, 7) is 4.81. The minimum absolute atomic E-state index is 0.481. The van der Waals surface area contributed by atoms with Gasteiger partial charge in [-0.2, -0.15) is 0 Å². The van der Waals surface area contributed by atoms with Gasteiger partial charge in [0, 0.05) is 25.7 Å². The molecule has 0 bridgehead atoms. The van der Waals surface area contributed by atoms with Crippen LogP contribution in [0.15, 0.2) is 0 Å². The summed E-state index contributed by atoms with van der Waals surface area (Å²) >= 11 is 0. The van der Waals surface area contributed by atoms with E-state index in [1.165, 1.54) is 25.8 Å². The van der Waals surface area contributed by atoms with Crippen LogP contribution in [0.2, 0.25) is 0 Å². The van der Waals surface area contributed by atoms with E-state index in [2.05, 4.69) is 4.90 Å². The highest BCUT2D eigenvalue weighted by molar-refractivity contribution is 4.81. The molecule has 0 radical (unpaired) electrons. The molecule has 13 heavy (non-hydrogen) atoms. The van der Waals surface area contributed by atoms with E-state index in [9.17, 15) is 0 Å². The van der Waals surface area contributed by atoms with Crippen LogP contribution in [0.3, 0.4) is 0 Å². The van der Waals surface area contributed by atoms with Crippen molar-refractivity contribution in [1.82, 2.24) is 4.90 Å². The molecule has 1 saturated carbocycles. The van der Waals surface area contributed by atoms with Gasteiger partial charge in [0.25, 0.3) is 0 Å². The molecule has 1 heterocycles. The molecular weight excluding hydrogens is 164 g/mol. The molecule has 0 aromatic rings. The fourth-order valence-corrected chi connectivity index (χ4v) is 2.15. The Morgan fingerprint density at radius 2 is 2.23 bits per heavy atom. The molecule has 2 N–H and O–H groups in total. The Balaban J connectivity index is 1.79. The molecule has 2 rings (SSSR count). The van der Waals surface area contributed by atoms with Crippen molar-refractivity contribution in [1.29, 1.82) is 0 Å². The lowest BCUT2D eigenvalue weighted by molar-refractivity contribution is -0.0162. The molecule has 2 aliphatic rings. The maximum atomic E-state index is 5.71. The molecule has 1 unspecified atom stereocenters. The van der Waals surface area contributed by atoms with Crippen molar-refractivity contribution in [3.8, 4) is 0 Å². The molecule has 2 fully saturated rings. The third-order valence-corrected chi connectivity index (χ3v) is 3.34. The summed E-state index contributed by atoms with van der Waals surface area (Å²) in [5.41, 5.74) is 5.71. The normalized spacial score (nSPS) is 31.6. The molecule has 1 saturated heterocycles. The van der Waals surface area contributed by atoms with E-state index in [0.29, 0.717) is 6.04 Å². The van der Waals surface area contributed by atoms with Crippen LogP contribution in [-0.4, -0.2) is 43.8 Å². The molecule has 76 valence electrons. The Bertz CT molecular complexity index is 159. The highest BCUT2D eigenvalue weighted by Gasteiger charge is 2.26. The topological polar surface area (TPSA) is 38.5 Å². The Hall–Kier alpha value is -0.120. The molecule has 0 aromatic heterocycles. The average molecular weight is 184 g/mol. The molecule has 3 nitrogen and oxygen atoms in total. The van der Waals surface area contributed by atoms with Gasteiger partial charge in [-0.15, -0.1) is 0 Å². The Labute approximate surface area is 80.2 Å². The van der Waals surface area contributed by atoms with E-state index in [0.717, 1.165) is 32.2 Å². The quantitative estimate of drug-likeness (QED) is 0.692.